The molecule has 0 radical (unpaired) electrons. The molecule has 0 N–H and O–H groups in total. The van der Waals surface area contributed by atoms with Crippen LogP contribution in [0.5, 0.6) is 0 Å². The highest BCUT2D eigenvalue weighted by Gasteiger charge is 2.25. The van der Waals surface area contributed by atoms with Crippen LogP contribution in [0.4, 0.5) is 0 Å². The molecule has 0 unspecified atom stereocenters. The van der Waals surface area contributed by atoms with Crippen LogP contribution >= 0.6 is 46.6 Å². The molecule has 0 aliphatic rings. The highest BCUT2D eigenvalue weighted by Crippen LogP contribution is 2.48. The van der Waals surface area contributed by atoms with E-state index in [1.54, 1.807) is 34.0 Å². The van der Waals surface area contributed by atoms with Gasteiger partial charge in [0.05, 0.1) is 31.8 Å². The average Bonchev–Trinajstić information content (AvgIpc) is 1.61. The maximum Gasteiger partial charge on any atom is 0.164 e. The molecule has 0 fully saturated rings. The Morgan fingerprint density at radius 2 is 0.527 bits per heavy atom. The Morgan fingerprint density at radius 3 is 1.09 bits per heavy atom. The first-order valence-electron chi connectivity index (χ1n) is 36.7. The molecule has 10 nitrogen and oxygen atoms in total. The summed E-state index contributed by atoms with van der Waals surface area (Å²) in [6.45, 7) is 0. The quantitative estimate of drug-likeness (QED) is 0.111. The number of hydrogen-bond donors (Lipinski definition) is 1. The molecule has 112 heavy (non-hydrogen) atoms. The second-order valence-corrected chi connectivity index (χ2v) is 30.7. The third-order valence-corrected chi connectivity index (χ3v) is 24.0. The molecule has 0 aliphatic heterocycles. The summed E-state index contributed by atoms with van der Waals surface area (Å²) >= 11 is 10.3. The molecular weight excluding hydrogens is 1450 g/mol. The van der Waals surface area contributed by atoms with E-state index in [0.29, 0.717) is 46.6 Å². The molecule has 0 saturated heterocycles. The number of benzene rings is 14. The summed E-state index contributed by atoms with van der Waals surface area (Å²) in [6.07, 6.45) is 0. The van der Waals surface area contributed by atoms with Gasteiger partial charge in [-0.2, -0.15) is 0 Å². The van der Waals surface area contributed by atoms with Crippen LogP contribution in [0.15, 0.2) is 363 Å². The number of hydrogen-bond acceptors (Lipinski definition) is 14. The molecule has 7 aromatic heterocycles. The van der Waals surface area contributed by atoms with Crippen molar-refractivity contribution in [3.8, 4) is 147 Å². The molecule has 0 spiro atoms. The summed E-state index contributed by atoms with van der Waals surface area (Å²) in [4.78, 5) is 52.3. The molecular formula is C98H60N10S4. The lowest BCUT2D eigenvalue weighted by Gasteiger charge is -2.15. The molecule has 0 amide bonds. The molecule has 526 valence electrons. The van der Waals surface area contributed by atoms with E-state index >= 15 is 0 Å². The molecule has 14 aromatic carbocycles. The van der Waals surface area contributed by atoms with Gasteiger partial charge in [0, 0.05) is 106 Å². The van der Waals surface area contributed by atoms with Crippen molar-refractivity contribution >= 4 is 107 Å². The fourth-order valence-electron chi connectivity index (χ4n) is 14.7. The summed E-state index contributed by atoms with van der Waals surface area (Å²) in [6, 6.07) is 123. The van der Waals surface area contributed by atoms with Crippen molar-refractivity contribution in [3.63, 3.8) is 0 Å². The van der Waals surface area contributed by atoms with Gasteiger partial charge in [-0.1, -0.05) is 322 Å². The Bertz CT molecular complexity index is 7010. The van der Waals surface area contributed by atoms with Crippen molar-refractivity contribution in [1.29, 1.82) is 0 Å². The van der Waals surface area contributed by atoms with Gasteiger partial charge in [0.25, 0.3) is 0 Å². The van der Waals surface area contributed by atoms with E-state index in [4.69, 9.17) is 62.5 Å². The lowest BCUT2D eigenvalue weighted by Crippen LogP contribution is -2.01. The third kappa shape index (κ3) is 12.9. The number of thiol groups is 1. The Morgan fingerprint density at radius 1 is 0.196 bits per heavy atom. The fourth-order valence-corrected chi connectivity index (χ4v) is 18.5. The zero-order chi connectivity index (χ0) is 74.4. The Kier molecular flexibility index (Phi) is 17.7. The highest BCUT2D eigenvalue weighted by atomic mass is 32.1. The number of aromatic nitrogens is 10. The van der Waals surface area contributed by atoms with E-state index in [2.05, 4.69) is 212 Å². The first kappa shape index (κ1) is 67.6. The summed E-state index contributed by atoms with van der Waals surface area (Å²) in [5, 5.41) is 4.52. The predicted molar refractivity (Wildman–Crippen MR) is 467 cm³/mol. The number of nitrogens with zero attached hydrogens (tertiary/aromatic N) is 10. The minimum absolute atomic E-state index is 0.573. The number of thiophene rings is 3. The molecule has 0 saturated carbocycles. The second-order valence-electron chi connectivity index (χ2n) is 27.1. The zero-order valence-corrected chi connectivity index (χ0v) is 63.1. The van der Waals surface area contributed by atoms with Crippen molar-refractivity contribution in [2.24, 2.45) is 0 Å². The maximum absolute atomic E-state index is 5.40. The van der Waals surface area contributed by atoms with E-state index in [9.17, 15) is 0 Å². The van der Waals surface area contributed by atoms with E-state index in [-0.39, 0.29) is 0 Å². The van der Waals surface area contributed by atoms with E-state index in [0.717, 1.165) is 146 Å². The average molecular weight is 1510 g/mol. The van der Waals surface area contributed by atoms with Gasteiger partial charge in [-0.15, -0.1) is 46.6 Å². The van der Waals surface area contributed by atoms with Crippen LogP contribution in [0.2, 0.25) is 0 Å². The van der Waals surface area contributed by atoms with Crippen LogP contribution in [-0.4, -0.2) is 49.8 Å². The van der Waals surface area contributed by atoms with Crippen molar-refractivity contribution in [2.45, 2.75) is 4.90 Å². The normalized spacial score (nSPS) is 11.4. The van der Waals surface area contributed by atoms with Crippen LogP contribution in [0.1, 0.15) is 0 Å². The van der Waals surface area contributed by atoms with Gasteiger partial charge in [0.2, 0.25) is 0 Å². The molecule has 0 atom stereocenters. The molecule has 14 heteroatoms. The Hall–Kier alpha value is -13.7. The fraction of sp³-hybridized carbons (Fsp3) is 0. The first-order chi connectivity index (χ1) is 55.4. The van der Waals surface area contributed by atoms with E-state index in [1.165, 1.54) is 19.7 Å². The van der Waals surface area contributed by atoms with Crippen molar-refractivity contribution in [2.75, 3.05) is 0 Å². The summed E-state index contributed by atoms with van der Waals surface area (Å²) in [5.41, 5.74) is 19.8. The van der Waals surface area contributed by atoms with Crippen molar-refractivity contribution in [1.82, 2.24) is 49.8 Å². The summed E-state index contributed by atoms with van der Waals surface area (Å²) in [7, 11) is 0. The SMILES string of the molecule is Sc1cccc(-c2nc(-c3ccccc3)nc(-c3ccccc3)n2)c1-c1cccc(-c2nc(-c3cccc(-c4ccccc4)c3)nc3c2sc2ccccc23)c1.c1ccc(-c2ccc(-c3nc(-c4cccc5c4sc4cccc(-c6nc(-c7ccccc7)nc(-c7ccccc7)n6)c45)c4sc5ccccc5c4n3)cc2)cc1. The maximum atomic E-state index is 5.40. The molecule has 21 aromatic rings. The summed E-state index contributed by atoms with van der Waals surface area (Å²) < 4.78 is 6.82. The third-order valence-electron chi connectivity index (χ3n) is 20.0. The van der Waals surface area contributed by atoms with Gasteiger partial charge in [-0.3, -0.25) is 0 Å². The Labute approximate surface area is 662 Å². The van der Waals surface area contributed by atoms with Crippen molar-refractivity contribution < 1.29 is 0 Å². The van der Waals surface area contributed by atoms with Crippen LogP contribution in [0, 0.1) is 0 Å². The van der Waals surface area contributed by atoms with Gasteiger partial charge in [0.1, 0.15) is 0 Å². The standard InChI is InChI=1S/C49H29N5S2.C49H31N5S2/c1-4-14-30(15-5-1)31-26-28-34(29-27-31)46-50-42-35-20-10-11-24-39(35)55-45(42)43(51-46)38-23-12-21-36-41-37(22-13-25-40(41)56-44(36)38)49-53-47(32-16-6-2-7-17-32)52-48(54-49)33-18-8-3-9-19-33;55-40-27-14-26-39(49-53-46(32-17-6-2-7-18-32)52-47(54-49)33-19-8-3-9-20-33)42(40)35-22-13-23-36(30-35)43-45-44(38-25-10-11-28-41(38)56-45)51-48(50-43)37-24-12-21-34(29-37)31-15-4-1-5-16-31/h1-29H;1-30,55H. The predicted octanol–water partition coefficient (Wildman–Crippen LogP) is 26.4. The topological polar surface area (TPSA) is 129 Å². The lowest BCUT2D eigenvalue weighted by atomic mass is 9.96. The number of fused-ring (bicyclic) bond motifs is 9. The molecule has 7 heterocycles. The van der Waals surface area contributed by atoms with Gasteiger partial charge >= 0.3 is 0 Å². The lowest BCUT2D eigenvalue weighted by molar-refractivity contribution is 1.07. The van der Waals surface area contributed by atoms with Crippen molar-refractivity contribution in [3.05, 3.63) is 358 Å². The Balaban J connectivity index is 0.000000146. The van der Waals surface area contributed by atoms with E-state index < -0.39 is 0 Å². The van der Waals surface area contributed by atoms with Crippen LogP contribution < -0.4 is 0 Å². The first-order valence-corrected chi connectivity index (χ1v) is 39.6. The van der Waals surface area contributed by atoms with Gasteiger partial charge < -0.3 is 0 Å². The minimum Gasteiger partial charge on any atom is -0.226 e. The molecule has 0 bridgehead atoms. The monoisotopic (exact) mass is 1500 g/mol. The second kappa shape index (κ2) is 29.3. The zero-order valence-electron chi connectivity index (χ0n) is 59.7. The minimum atomic E-state index is 0.573. The number of rotatable bonds is 13. The van der Waals surface area contributed by atoms with Crippen LogP contribution in [0.3, 0.4) is 0 Å². The summed E-state index contributed by atoms with van der Waals surface area (Å²) in [5.74, 6) is 5.11. The van der Waals surface area contributed by atoms with Gasteiger partial charge in [-0.05, 0) is 64.2 Å². The van der Waals surface area contributed by atoms with Gasteiger partial charge in [0.15, 0.2) is 46.6 Å². The van der Waals surface area contributed by atoms with Gasteiger partial charge in [-0.25, -0.2) is 49.8 Å². The van der Waals surface area contributed by atoms with Crippen LogP contribution in [-0.2, 0) is 0 Å². The highest BCUT2D eigenvalue weighted by molar-refractivity contribution is 7.80. The molecule has 21 rings (SSSR count). The largest absolute Gasteiger partial charge is 0.226 e. The molecule has 0 aliphatic carbocycles. The van der Waals surface area contributed by atoms with E-state index in [1.807, 2.05) is 146 Å². The smallest absolute Gasteiger partial charge is 0.164 e. The van der Waals surface area contributed by atoms with Crippen LogP contribution in [0.25, 0.3) is 208 Å².